The number of rotatable bonds is 5. The van der Waals surface area contributed by atoms with Crippen molar-refractivity contribution in [3.8, 4) is 5.75 Å². The van der Waals surface area contributed by atoms with Crippen LogP contribution in [0.25, 0.3) is 0 Å². The van der Waals surface area contributed by atoms with Crippen LogP contribution in [0.1, 0.15) is 12.8 Å². The summed E-state index contributed by atoms with van der Waals surface area (Å²) in [6.45, 7) is 0.548. The Morgan fingerprint density at radius 1 is 1.53 bits per heavy atom. The third kappa shape index (κ3) is 4.69. The van der Waals surface area contributed by atoms with Gasteiger partial charge in [-0.1, -0.05) is 27.2 Å². The van der Waals surface area contributed by atoms with Crippen LogP contribution in [0.5, 0.6) is 5.75 Å². The summed E-state index contributed by atoms with van der Waals surface area (Å²) in [5.74, 6) is 1.04. The van der Waals surface area contributed by atoms with Crippen LogP contribution in [-0.2, 0) is 0 Å². The molecule has 1 aromatic rings. The maximum absolute atomic E-state index is 8.30. The molecule has 15 heavy (non-hydrogen) atoms. The van der Waals surface area contributed by atoms with Gasteiger partial charge < -0.3 is 15.7 Å². The van der Waals surface area contributed by atoms with Crippen molar-refractivity contribution in [2.24, 2.45) is 10.9 Å². The normalized spacial score (nSPS) is 11.4. The van der Waals surface area contributed by atoms with Crippen LogP contribution in [-0.4, -0.2) is 17.6 Å². The molecule has 0 saturated carbocycles. The largest absolute Gasteiger partial charge is 0.494 e. The Balaban J connectivity index is 2.26. The average molecular weight is 273 g/mol. The van der Waals surface area contributed by atoms with Gasteiger partial charge in [-0.3, -0.25) is 0 Å². The maximum Gasteiger partial charge on any atom is 0.139 e. The van der Waals surface area contributed by atoms with Crippen LogP contribution in [0.15, 0.2) is 33.9 Å². The van der Waals surface area contributed by atoms with E-state index in [0.717, 1.165) is 16.6 Å². The fourth-order valence-corrected chi connectivity index (χ4v) is 1.43. The first kappa shape index (κ1) is 11.8. The van der Waals surface area contributed by atoms with Crippen molar-refractivity contribution in [1.29, 1.82) is 0 Å². The first-order chi connectivity index (χ1) is 7.22. The number of halogens is 1. The van der Waals surface area contributed by atoms with Gasteiger partial charge in [0.1, 0.15) is 11.6 Å². The molecule has 4 nitrogen and oxygen atoms in total. The molecule has 0 heterocycles. The molecule has 0 atom stereocenters. The lowest BCUT2D eigenvalue weighted by molar-refractivity contribution is 0.305. The van der Waals surface area contributed by atoms with Crippen LogP contribution in [0.4, 0.5) is 0 Å². The molecule has 0 fully saturated rings. The first-order valence-corrected chi connectivity index (χ1v) is 5.36. The van der Waals surface area contributed by atoms with Crippen LogP contribution < -0.4 is 10.5 Å². The van der Waals surface area contributed by atoms with Crippen LogP contribution in [0.3, 0.4) is 0 Å². The van der Waals surface area contributed by atoms with Crippen molar-refractivity contribution < 1.29 is 9.94 Å². The molecule has 0 bridgehead atoms. The smallest absolute Gasteiger partial charge is 0.139 e. The molecule has 0 aromatic heterocycles. The van der Waals surface area contributed by atoms with Gasteiger partial charge in [0.25, 0.3) is 0 Å². The summed E-state index contributed by atoms with van der Waals surface area (Å²) in [5.41, 5.74) is 5.31. The number of hydrogen-bond acceptors (Lipinski definition) is 3. The summed E-state index contributed by atoms with van der Waals surface area (Å²) in [4.78, 5) is 0. The molecule has 1 rings (SSSR count). The van der Waals surface area contributed by atoms with E-state index >= 15 is 0 Å². The van der Waals surface area contributed by atoms with Crippen molar-refractivity contribution in [3.05, 3.63) is 28.7 Å². The number of benzene rings is 1. The lowest BCUT2D eigenvalue weighted by Crippen LogP contribution is -2.12. The van der Waals surface area contributed by atoms with Gasteiger partial charge in [0.2, 0.25) is 0 Å². The monoisotopic (exact) mass is 272 g/mol. The highest BCUT2D eigenvalue weighted by atomic mass is 79.9. The molecule has 0 aliphatic carbocycles. The zero-order chi connectivity index (χ0) is 11.1. The lowest BCUT2D eigenvalue weighted by Gasteiger charge is -2.05. The molecule has 0 amide bonds. The Bertz CT molecular complexity index is 342. The third-order valence-corrected chi connectivity index (χ3v) is 2.26. The summed E-state index contributed by atoms with van der Waals surface area (Å²) in [6.07, 6.45) is 1.26. The first-order valence-electron chi connectivity index (χ1n) is 4.57. The summed E-state index contributed by atoms with van der Waals surface area (Å²) >= 11 is 3.35. The predicted molar refractivity (Wildman–Crippen MR) is 62.3 cm³/mol. The van der Waals surface area contributed by atoms with E-state index in [4.69, 9.17) is 15.7 Å². The van der Waals surface area contributed by atoms with E-state index in [2.05, 4.69) is 21.1 Å². The van der Waals surface area contributed by atoms with Gasteiger partial charge >= 0.3 is 0 Å². The molecular weight excluding hydrogens is 260 g/mol. The second-order valence-corrected chi connectivity index (χ2v) is 3.92. The minimum absolute atomic E-state index is 0.229. The highest BCUT2D eigenvalue weighted by Gasteiger charge is 1.96. The van der Waals surface area contributed by atoms with Gasteiger partial charge in [-0.25, -0.2) is 0 Å². The van der Waals surface area contributed by atoms with Crippen LogP contribution in [0.2, 0.25) is 0 Å². The van der Waals surface area contributed by atoms with E-state index < -0.39 is 0 Å². The third-order valence-electron chi connectivity index (χ3n) is 1.77. The minimum Gasteiger partial charge on any atom is -0.494 e. The van der Waals surface area contributed by atoms with Gasteiger partial charge in [-0.2, -0.15) is 0 Å². The topological polar surface area (TPSA) is 67.8 Å². The van der Waals surface area contributed by atoms with E-state index in [1.165, 1.54) is 0 Å². The molecule has 0 spiro atoms. The average Bonchev–Trinajstić information content (AvgIpc) is 2.24. The van der Waals surface area contributed by atoms with Crippen LogP contribution in [0, 0.1) is 0 Å². The minimum atomic E-state index is 0.229. The molecule has 0 aliphatic heterocycles. The van der Waals surface area contributed by atoms with Gasteiger partial charge in [-0.15, -0.1) is 0 Å². The Labute approximate surface area is 96.9 Å². The maximum atomic E-state index is 8.30. The zero-order valence-electron chi connectivity index (χ0n) is 8.19. The van der Waals surface area contributed by atoms with E-state index in [-0.39, 0.29) is 5.84 Å². The van der Waals surface area contributed by atoms with Crippen molar-refractivity contribution >= 4 is 21.8 Å². The van der Waals surface area contributed by atoms with Crippen molar-refractivity contribution in [1.82, 2.24) is 0 Å². The van der Waals surface area contributed by atoms with E-state index in [9.17, 15) is 0 Å². The number of nitrogens with two attached hydrogens (primary N) is 1. The Morgan fingerprint density at radius 2 is 2.33 bits per heavy atom. The second kappa shape index (κ2) is 6.29. The Hall–Kier alpha value is -1.23. The number of oxime groups is 1. The fourth-order valence-electron chi connectivity index (χ4n) is 1.05. The van der Waals surface area contributed by atoms with E-state index in [0.29, 0.717) is 13.0 Å². The summed E-state index contributed by atoms with van der Waals surface area (Å²) < 4.78 is 6.44. The highest BCUT2D eigenvalue weighted by molar-refractivity contribution is 9.10. The predicted octanol–water partition coefficient (Wildman–Crippen LogP) is 2.35. The van der Waals surface area contributed by atoms with Gasteiger partial charge in [0.05, 0.1) is 6.61 Å². The van der Waals surface area contributed by atoms with Crippen molar-refractivity contribution in [2.45, 2.75) is 12.8 Å². The Kier molecular flexibility index (Phi) is 4.97. The summed E-state index contributed by atoms with van der Waals surface area (Å²) in [7, 11) is 0. The Morgan fingerprint density at radius 3 is 3.00 bits per heavy atom. The van der Waals surface area contributed by atoms with E-state index in [1.807, 2.05) is 24.3 Å². The second-order valence-electron chi connectivity index (χ2n) is 3.00. The van der Waals surface area contributed by atoms with Gasteiger partial charge in [0, 0.05) is 10.9 Å². The molecule has 5 heteroatoms. The molecule has 82 valence electrons. The number of ether oxygens (including phenoxy) is 1. The van der Waals surface area contributed by atoms with Crippen LogP contribution >= 0.6 is 15.9 Å². The van der Waals surface area contributed by atoms with Gasteiger partial charge in [0.15, 0.2) is 0 Å². The number of nitrogens with zero attached hydrogens (tertiary/aromatic N) is 1. The lowest BCUT2D eigenvalue weighted by atomic mass is 10.3. The molecule has 0 unspecified atom stereocenters. The van der Waals surface area contributed by atoms with E-state index in [1.54, 1.807) is 0 Å². The zero-order valence-corrected chi connectivity index (χ0v) is 9.77. The summed E-state index contributed by atoms with van der Waals surface area (Å²) in [5, 5.41) is 11.2. The molecule has 0 aliphatic rings. The number of hydrogen-bond donors (Lipinski definition) is 2. The van der Waals surface area contributed by atoms with Gasteiger partial charge in [-0.05, 0) is 24.6 Å². The molecule has 3 N–H and O–H groups in total. The number of amidine groups is 1. The highest BCUT2D eigenvalue weighted by Crippen LogP contribution is 2.17. The molecule has 0 radical (unpaired) electrons. The molecular formula is C10H13BrN2O2. The SMILES string of the molecule is N/C(CCCOc1cccc(Br)c1)=N\O. The standard InChI is InChI=1S/C10H13BrN2O2/c11-8-3-1-4-9(7-8)15-6-2-5-10(12)13-14/h1,3-4,7,14H,2,5-6H2,(H2,12,13). The molecule has 0 saturated heterocycles. The summed E-state index contributed by atoms with van der Waals surface area (Å²) in [6, 6.07) is 7.62. The fraction of sp³-hybridized carbons (Fsp3) is 0.300. The molecule has 1 aromatic carbocycles. The van der Waals surface area contributed by atoms with Crippen molar-refractivity contribution in [3.63, 3.8) is 0 Å². The van der Waals surface area contributed by atoms with Crippen molar-refractivity contribution in [2.75, 3.05) is 6.61 Å². The quantitative estimate of drug-likeness (QED) is 0.284.